The summed E-state index contributed by atoms with van der Waals surface area (Å²) in [5, 5.41) is 0. The first-order chi connectivity index (χ1) is 7.71. The highest BCUT2D eigenvalue weighted by molar-refractivity contribution is 5.53. The van der Waals surface area contributed by atoms with Crippen molar-refractivity contribution in [3.8, 4) is 0 Å². The van der Waals surface area contributed by atoms with Gasteiger partial charge in [-0.1, -0.05) is 6.92 Å². The first-order valence-electron chi connectivity index (χ1n) is 6.15. The van der Waals surface area contributed by atoms with Crippen LogP contribution < -0.4 is 0 Å². The van der Waals surface area contributed by atoms with E-state index in [2.05, 4.69) is 6.92 Å². The second-order valence-electron chi connectivity index (χ2n) is 5.48. The van der Waals surface area contributed by atoms with Gasteiger partial charge in [-0.25, -0.2) is 8.78 Å². The summed E-state index contributed by atoms with van der Waals surface area (Å²) in [6.07, 6.45) is 0. The average molecular weight is 238 g/mol. The van der Waals surface area contributed by atoms with Crippen LogP contribution in [0.1, 0.15) is 46.2 Å². The number of alkyl halides is 2. The maximum atomic E-state index is 13.6. The molecule has 1 aromatic rings. The summed E-state index contributed by atoms with van der Waals surface area (Å²) in [5.41, 5.74) is 6.57. The molecule has 1 saturated carbocycles. The van der Waals surface area contributed by atoms with Gasteiger partial charge in [0.15, 0.2) is 0 Å². The van der Waals surface area contributed by atoms with Crippen molar-refractivity contribution in [1.82, 2.24) is 0 Å². The molecule has 0 amide bonds. The fourth-order valence-corrected chi connectivity index (χ4v) is 2.92. The highest BCUT2D eigenvalue weighted by Crippen LogP contribution is 2.62. The lowest BCUT2D eigenvalue weighted by Crippen LogP contribution is -2.04. The zero-order chi connectivity index (χ0) is 13.1. The molecule has 0 radical (unpaired) electrons. The lowest BCUT2D eigenvalue weighted by atomic mass is 9.87. The minimum atomic E-state index is -2.51. The van der Waals surface area contributed by atoms with E-state index in [0.717, 1.165) is 27.8 Å². The van der Waals surface area contributed by atoms with E-state index in [1.165, 1.54) is 5.56 Å². The van der Waals surface area contributed by atoms with Crippen LogP contribution in [0.2, 0.25) is 0 Å². The highest BCUT2D eigenvalue weighted by Gasteiger charge is 2.66. The molecule has 0 saturated heterocycles. The Hall–Kier alpha value is -0.920. The first kappa shape index (κ1) is 12.5. The Bertz CT molecular complexity index is 457. The second-order valence-corrected chi connectivity index (χ2v) is 5.48. The minimum Gasteiger partial charge on any atom is -0.206 e. The van der Waals surface area contributed by atoms with Crippen molar-refractivity contribution in [1.29, 1.82) is 0 Å². The number of hydrogen-bond donors (Lipinski definition) is 0. The van der Waals surface area contributed by atoms with E-state index in [4.69, 9.17) is 0 Å². The van der Waals surface area contributed by atoms with E-state index >= 15 is 0 Å². The number of hydrogen-bond acceptors (Lipinski definition) is 0. The molecule has 17 heavy (non-hydrogen) atoms. The molecule has 1 aliphatic rings. The van der Waals surface area contributed by atoms with Gasteiger partial charge in [0.05, 0.1) is 5.92 Å². The molecule has 2 unspecified atom stereocenters. The quantitative estimate of drug-likeness (QED) is 0.671. The Morgan fingerprint density at radius 1 is 0.765 bits per heavy atom. The molecule has 1 fully saturated rings. The van der Waals surface area contributed by atoms with E-state index < -0.39 is 17.8 Å². The van der Waals surface area contributed by atoms with Gasteiger partial charge < -0.3 is 0 Å². The molecule has 94 valence electrons. The number of halogens is 2. The lowest BCUT2D eigenvalue weighted by Gasteiger charge is -2.18. The SMILES string of the molecule is Cc1c(C)c(C)c(C2C(C)C2(F)F)c(C)c1C. The second kappa shape index (κ2) is 3.54. The predicted octanol–water partition coefficient (Wildman–Crippen LogP) is 4.60. The molecule has 2 atom stereocenters. The molecule has 0 bridgehead atoms. The van der Waals surface area contributed by atoms with Gasteiger partial charge in [-0.15, -0.1) is 0 Å². The topological polar surface area (TPSA) is 0 Å². The normalized spacial score (nSPS) is 26.1. The molecule has 1 aromatic carbocycles. The summed E-state index contributed by atoms with van der Waals surface area (Å²) in [7, 11) is 0. The summed E-state index contributed by atoms with van der Waals surface area (Å²) in [4.78, 5) is 0. The van der Waals surface area contributed by atoms with E-state index in [1.54, 1.807) is 6.92 Å². The van der Waals surface area contributed by atoms with Crippen molar-refractivity contribution in [3.05, 3.63) is 33.4 Å². The summed E-state index contributed by atoms with van der Waals surface area (Å²) in [6.45, 7) is 11.7. The Kier molecular flexibility index (Phi) is 2.61. The van der Waals surface area contributed by atoms with Crippen LogP contribution in [-0.4, -0.2) is 5.92 Å². The van der Waals surface area contributed by atoms with Gasteiger partial charge in [-0.05, 0) is 68.0 Å². The molecule has 0 heterocycles. The molecule has 0 nitrogen and oxygen atoms in total. The third kappa shape index (κ3) is 1.53. The van der Waals surface area contributed by atoms with Gasteiger partial charge in [-0.2, -0.15) is 0 Å². The summed E-state index contributed by atoms with van der Waals surface area (Å²) in [5.74, 6) is -3.59. The van der Waals surface area contributed by atoms with Gasteiger partial charge in [0.2, 0.25) is 0 Å². The largest absolute Gasteiger partial charge is 0.258 e. The lowest BCUT2D eigenvalue weighted by molar-refractivity contribution is 0.0962. The van der Waals surface area contributed by atoms with Crippen LogP contribution >= 0.6 is 0 Å². The van der Waals surface area contributed by atoms with E-state index in [-0.39, 0.29) is 0 Å². The number of rotatable bonds is 1. The molecule has 0 aromatic heterocycles. The predicted molar refractivity (Wildman–Crippen MR) is 67.0 cm³/mol. The van der Waals surface area contributed by atoms with Crippen molar-refractivity contribution in [2.24, 2.45) is 5.92 Å². The number of benzene rings is 1. The van der Waals surface area contributed by atoms with Crippen LogP contribution in [-0.2, 0) is 0 Å². The zero-order valence-corrected chi connectivity index (χ0v) is 11.4. The van der Waals surface area contributed by atoms with Crippen molar-refractivity contribution in [2.45, 2.75) is 53.4 Å². The summed E-state index contributed by atoms with van der Waals surface area (Å²) >= 11 is 0. The van der Waals surface area contributed by atoms with Gasteiger partial charge in [0.1, 0.15) is 0 Å². The van der Waals surface area contributed by atoms with Crippen molar-refractivity contribution in [3.63, 3.8) is 0 Å². The third-order valence-corrected chi connectivity index (χ3v) is 4.78. The Morgan fingerprint density at radius 2 is 1.06 bits per heavy atom. The molecular weight excluding hydrogens is 218 g/mol. The summed E-state index contributed by atoms with van der Waals surface area (Å²) < 4.78 is 27.2. The Morgan fingerprint density at radius 3 is 1.35 bits per heavy atom. The Labute approximate surface area is 102 Å². The van der Waals surface area contributed by atoms with Gasteiger partial charge >= 0.3 is 0 Å². The maximum Gasteiger partial charge on any atom is 0.258 e. The fourth-order valence-electron chi connectivity index (χ4n) is 2.92. The van der Waals surface area contributed by atoms with E-state index in [9.17, 15) is 8.78 Å². The van der Waals surface area contributed by atoms with Crippen molar-refractivity contribution < 1.29 is 8.78 Å². The molecule has 0 aliphatic heterocycles. The highest BCUT2D eigenvalue weighted by atomic mass is 19.3. The van der Waals surface area contributed by atoms with Gasteiger partial charge in [0.25, 0.3) is 5.92 Å². The minimum absolute atomic E-state index is 0.513. The average Bonchev–Trinajstić information content (AvgIpc) is 2.75. The van der Waals surface area contributed by atoms with Crippen LogP contribution in [0.5, 0.6) is 0 Å². The molecule has 0 spiro atoms. The maximum absolute atomic E-state index is 13.6. The Balaban J connectivity index is 2.65. The monoisotopic (exact) mass is 238 g/mol. The van der Waals surface area contributed by atoms with Crippen LogP contribution in [0.3, 0.4) is 0 Å². The van der Waals surface area contributed by atoms with Crippen LogP contribution in [0.25, 0.3) is 0 Å². The first-order valence-corrected chi connectivity index (χ1v) is 6.15. The van der Waals surface area contributed by atoms with E-state index in [0.29, 0.717) is 0 Å². The summed E-state index contributed by atoms with van der Waals surface area (Å²) in [6, 6.07) is 0. The van der Waals surface area contributed by atoms with Crippen LogP contribution in [0, 0.1) is 40.5 Å². The van der Waals surface area contributed by atoms with Gasteiger partial charge in [0, 0.05) is 5.92 Å². The van der Waals surface area contributed by atoms with Crippen molar-refractivity contribution in [2.75, 3.05) is 0 Å². The molecule has 2 rings (SSSR count). The van der Waals surface area contributed by atoms with Crippen molar-refractivity contribution >= 4 is 0 Å². The molecule has 0 N–H and O–H groups in total. The molecule has 2 heteroatoms. The smallest absolute Gasteiger partial charge is 0.206 e. The third-order valence-electron chi connectivity index (χ3n) is 4.78. The molecule has 1 aliphatic carbocycles. The van der Waals surface area contributed by atoms with E-state index in [1.807, 2.05) is 27.7 Å². The van der Waals surface area contributed by atoms with Crippen LogP contribution in [0.15, 0.2) is 0 Å². The van der Waals surface area contributed by atoms with Gasteiger partial charge in [-0.3, -0.25) is 0 Å². The standard InChI is InChI=1S/C15H20F2/c1-7-8(2)10(4)13(11(5)9(7)3)14-12(6)15(14,16)17/h12,14H,1-6H3. The molecular formula is C15H20F2. The van der Waals surface area contributed by atoms with Crippen LogP contribution in [0.4, 0.5) is 8.78 Å². The fraction of sp³-hybridized carbons (Fsp3) is 0.600. The zero-order valence-electron chi connectivity index (χ0n) is 11.4.